The summed E-state index contributed by atoms with van der Waals surface area (Å²) in [7, 11) is 1.89. The quantitative estimate of drug-likeness (QED) is 0.394. The molecule has 0 bridgehead atoms. The summed E-state index contributed by atoms with van der Waals surface area (Å²) >= 11 is 0. The van der Waals surface area contributed by atoms with Crippen molar-refractivity contribution in [2.24, 2.45) is 7.05 Å². The maximum Gasteiger partial charge on any atom is 1.00 e. The number of carboxylic acid groups (broad SMARTS) is 1. The molecule has 0 atom stereocenters. The fraction of sp³-hybridized carbons (Fsp3) is 0.0476. The molecule has 150 valence electrons. The van der Waals surface area contributed by atoms with Gasteiger partial charge in [0.05, 0.1) is 28.7 Å². The Bertz CT molecular complexity index is 1470. The van der Waals surface area contributed by atoms with E-state index in [1.807, 2.05) is 29.8 Å². The molecule has 0 aliphatic rings. The van der Waals surface area contributed by atoms with Gasteiger partial charge in [-0.2, -0.15) is 0 Å². The number of carboxylic acids is 1. The Hall–Kier alpha value is -2.63. The SMILES string of the molecule is Cn1cnc2ccc(-c3c(-c4ccc(F)cc4)nc(N)c4nc(C(=O)O)cn34)cc21.[H-].[K+]. The van der Waals surface area contributed by atoms with Crippen LogP contribution in [0.2, 0.25) is 0 Å². The number of carbonyl (C=O) groups is 1. The molecule has 0 saturated carbocycles. The number of fused-ring (bicyclic) bond motifs is 2. The molecule has 0 fully saturated rings. The Morgan fingerprint density at radius 1 is 1.13 bits per heavy atom. The second-order valence-corrected chi connectivity index (χ2v) is 6.89. The predicted octanol–water partition coefficient (Wildman–Crippen LogP) is 0.486. The van der Waals surface area contributed by atoms with E-state index < -0.39 is 5.97 Å². The van der Waals surface area contributed by atoms with Crippen LogP contribution in [0.25, 0.3) is 39.2 Å². The number of aromatic nitrogens is 5. The maximum absolute atomic E-state index is 13.5. The molecular formula is C21H16FKN6O2. The van der Waals surface area contributed by atoms with E-state index in [1.54, 1.807) is 22.9 Å². The van der Waals surface area contributed by atoms with E-state index in [2.05, 4.69) is 15.0 Å². The Kier molecular flexibility index (Phi) is 5.66. The first kappa shape index (κ1) is 21.6. The summed E-state index contributed by atoms with van der Waals surface area (Å²) < 4.78 is 17.0. The fourth-order valence-electron chi connectivity index (χ4n) is 3.53. The van der Waals surface area contributed by atoms with Crippen LogP contribution in [0.15, 0.2) is 55.0 Å². The summed E-state index contributed by atoms with van der Waals surface area (Å²) in [5.74, 6) is -1.47. The van der Waals surface area contributed by atoms with Gasteiger partial charge in [0.1, 0.15) is 5.82 Å². The molecule has 3 N–H and O–H groups in total. The van der Waals surface area contributed by atoms with Gasteiger partial charge in [-0.15, -0.1) is 0 Å². The van der Waals surface area contributed by atoms with Crippen molar-refractivity contribution in [1.82, 2.24) is 23.9 Å². The van der Waals surface area contributed by atoms with Crippen LogP contribution in [0.1, 0.15) is 11.9 Å². The van der Waals surface area contributed by atoms with Gasteiger partial charge in [-0.1, -0.05) is 6.07 Å². The molecule has 10 heteroatoms. The van der Waals surface area contributed by atoms with Crippen molar-refractivity contribution in [3.63, 3.8) is 0 Å². The van der Waals surface area contributed by atoms with Gasteiger partial charge in [-0.3, -0.25) is 4.40 Å². The van der Waals surface area contributed by atoms with Crippen molar-refractivity contribution in [2.45, 2.75) is 0 Å². The van der Waals surface area contributed by atoms with E-state index in [0.717, 1.165) is 16.6 Å². The van der Waals surface area contributed by atoms with Crippen molar-refractivity contribution in [2.75, 3.05) is 5.73 Å². The molecule has 5 aromatic rings. The second-order valence-electron chi connectivity index (χ2n) is 6.89. The fourth-order valence-corrected chi connectivity index (χ4v) is 3.53. The van der Waals surface area contributed by atoms with Gasteiger partial charge >= 0.3 is 57.4 Å². The number of anilines is 1. The zero-order chi connectivity index (χ0) is 21.0. The average molecular weight is 442 g/mol. The summed E-state index contributed by atoms with van der Waals surface area (Å²) in [6, 6.07) is 11.5. The Balaban J connectivity index is 0.00000144. The predicted molar refractivity (Wildman–Crippen MR) is 111 cm³/mol. The van der Waals surface area contributed by atoms with Crippen LogP contribution in [0.3, 0.4) is 0 Å². The third kappa shape index (κ3) is 3.66. The standard InChI is InChI=1S/C21H15FN6O2.K.H/c1-27-10-24-14-7-4-12(8-16(14)27)18-17(11-2-5-13(22)6-3-11)26-19(23)20-25-15(21(29)30)9-28(18)20;;/h2-10H,1H3,(H2,23,26)(H,29,30);;/q;+1;-1. The first-order valence-electron chi connectivity index (χ1n) is 9.01. The number of aryl methyl sites for hydroxylation is 1. The number of nitrogen functional groups attached to an aromatic ring is 1. The summed E-state index contributed by atoms with van der Waals surface area (Å²) in [6.45, 7) is 0. The van der Waals surface area contributed by atoms with E-state index in [9.17, 15) is 14.3 Å². The van der Waals surface area contributed by atoms with E-state index in [4.69, 9.17) is 5.73 Å². The molecule has 0 saturated heterocycles. The van der Waals surface area contributed by atoms with Gasteiger partial charge in [-0.25, -0.2) is 24.1 Å². The normalized spacial score (nSPS) is 11.0. The first-order chi connectivity index (χ1) is 14.4. The number of rotatable bonds is 3. The molecule has 31 heavy (non-hydrogen) atoms. The molecule has 0 aliphatic heterocycles. The molecule has 0 spiro atoms. The van der Waals surface area contributed by atoms with E-state index >= 15 is 0 Å². The Labute approximate surface area is 219 Å². The second kappa shape index (κ2) is 8.13. The monoisotopic (exact) mass is 442 g/mol. The third-order valence-electron chi connectivity index (χ3n) is 4.97. The van der Waals surface area contributed by atoms with Crippen molar-refractivity contribution in [1.29, 1.82) is 0 Å². The van der Waals surface area contributed by atoms with Gasteiger partial charge in [0, 0.05) is 24.4 Å². The number of hydrogen-bond acceptors (Lipinski definition) is 5. The van der Waals surface area contributed by atoms with Gasteiger partial charge in [-0.05, 0) is 36.4 Å². The Morgan fingerprint density at radius 2 is 1.84 bits per heavy atom. The maximum atomic E-state index is 13.5. The summed E-state index contributed by atoms with van der Waals surface area (Å²) in [6.07, 6.45) is 3.12. The molecule has 0 aliphatic carbocycles. The molecule has 5 rings (SSSR count). The van der Waals surface area contributed by atoms with Crippen molar-refractivity contribution in [3.8, 4) is 22.5 Å². The molecule has 2 aromatic carbocycles. The van der Waals surface area contributed by atoms with Crippen molar-refractivity contribution in [3.05, 3.63) is 66.5 Å². The average Bonchev–Trinajstić information content (AvgIpc) is 3.33. The first-order valence-corrected chi connectivity index (χ1v) is 9.01. The van der Waals surface area contributed by atoms with Gasteiger partial charge < -0.3 is 16.8 Å². The minimum Gasteiger partial charge on any atom is -1.00 e. The zero-order valence-corrected chi connectivity index (χ0v) is 19.9. The number of benzene rings is 2. The van der Waals surface area contributed by atoms with Crippen LogP contribution in [-0.2, 0) is 7.05 Å². The minimum absolute atomic E-state index is 0. The van der Waals surface area contributed by atoms with E-state index in [-0.39, 0.29) is 75.8 Å². The number of aromatic carboxylic acids is 1. The molecule has 3 heterocycles. The van der Waals surface area contributed by atoms with Crippen molar-refractivity contribution < 1.29 is 67.1 Å². The number of nitrogens with zero attached hydrogens (tertiary/aromatic N) is 5. The van der Waals surface area contributed by atoms with Crippen LogP contribution in [0.4, 0.5) is 10.2 Å². The number of halogens is 1. The Morgan fingerprint density at radius 3 is 2.55 bits per heavy atom. The third-order valence-corrected chi connectivity index (χ3v) is 4.97. The summed E-state index contributed by atoms with van der Waals surface area (Å²) in [5.41, 5.74) is 10.4. The molecule has 8 nitrogen and oxygen atoms in total. The topological polar surface area (TPSA) is 111 Å². The summed E-state index contributed by atoms with van der Waals surface area (Å²) in [4.78, 5) is 24.5. The summed E-state index contributed by atoms with van der Waals surface area (Å²) in [5, 5.41) is 9.41. The van der Waals surface area contributed by atoms with Gasteiger partial charge in [0.15, 0.2) is 17.2 Å². The minimum atomic E-state index is -1.17. The number of nitrogens with two attached hydrogens (primary N) is 1. The van der Waals surface area contributed by atoms with Crippen LogP contribution in [0.5, 0.6) is 0 Å². The van der Waals surface area contributed by atoms with Gasteiger partial charge in [0.2, 0.25) is 0 Å². The van der Waals surface area contributed by atoms with Crippen LogP contribution < -0.4 is 57.1 Å². The smallest absolute Gasteiger partial charge is 1.00 e. The van der Waals surface area contributed by atoms with E-state index in [1.165, 1.54) is 18.3 Å². The molecular weight excluding hydrogens is 426 g/mol. The van der Waals surface area contributed by atoms with Crippen LogP contribution >= 0.6 is 0 Å². The van der Waals surface area contributed by atoms with Gasteiger partial charge in [0.25, 0.3) is 0 Å². The number of imidazole rings is 2. The molecule has 3 aromatic heterocycles. The number of hydrogen-bond donors (Lipinski definition) is 2. The van der Waals surface area contributed by atoms with Crippen LogP contribution in [-0.4, -0.2) is 35.0 Å². The molecule has 0 unspecified atom stereocenters. The van der Waals surface area contributed by atoms with Crippen molar-refractivity contribution >= 4 is 28.5 Å². The molecule has 0 amide bonds. The van der Waals surface area contributed by atoms with E-state index in [0.29, 0.717) is 17.0 Å². The largest absolute Gasteiger partial charge is 1.00 e. The zero-order valence-electron chi connectivity index (χ0n) is 17.7. The molecule has 0 radical (unpaired) electrons. The van der Waals surface area contributed by atoms with Crippen LogP contribution in [0, 0.1) is 5.82 Å².